The molecule has 0 spiro atoms. The minimum absolute atomic E-state index is 0.0145. The van der Waals surface area contributed by atoms with Crippen LogP contribution in [-0.2, 0) is 19.0 Å². The Hall–Kier alpha value is -1.11. The smallest absolute Gasteiger partial charge is 0.311 e. The zero-order valence-electron chi connectivity index (χ0n) is 23.3. The van der Waals surface area contributed by atoms with Gasteiger partial charge in [-0.3, -0.25) is 4.79 Å². The number of aliphatic hydroxyl groups excluding tert-OH is 4. The van der Waals surface area contributed by atoms with Gasteiger partial charge in [0.2, 0.25) is 0 Å². The van der Waals surface area contributed by atoms with Gasteiger partial charge >= 0.3 is 5.97 Å². The number of rotatable bonds is 3. The average molecular weight is 533 g/mol. The molecular weight excluding hydrogens is 484 g/mol. The maximum absolute atomic E-state index is 13.1. The number of aliphatic hydroxyl groups is 6. The summed E-state index contributed by atoms with van der Waals surface area (Å²) in [4.78, 5) is 13.1. The monoisotopic (exact) mass is 532 g/mol. The second kappa shape index (κ2) is 12.4. The molecule has 0 bridgehead atoms. The lowest BCUT2D eigenvalue weighted by molar-refractivity contribution is -0.270. The number of cyclic esters (lactones) is 1. The van der Waals surface area contributed by atoms with Crippen LogP contribution in [0, 0.1) is 23.7 Å². The summed E-state index contributed by atoms with van der Waals surface area (Å²) >= 11 is 0. The van der Waals surface area contributed by atoms with Gasteiger partial charge in [0.05, 0.1) is 42.0 Å². The second-order valence-corrected chi connectivity index (χ2v) is 11.7. The highest BCUT2D eigenvalue weighted by atomic mass is 16.7. The van der Waals surface area contributed by atoms with E-state index in [2.05, 4.69) is 0 Å². The van der Waals surface area contributed by atoms with Crippen molar-refractivity contribution in [3.05, 3.63) is 12.2 Å². The fourth-order valence-electron chi connectivity index (χ4n) is 5.75. The SMILES string of the molecule is CC[C@H]1OC(=O)[C@H](C)[C@@H](O)[C@H](C)[C@@H](O[C@@H]2O[C@H](C)C=C[C@H]2O)C(C)(O)C[C@@H](C)[C@H](O)[C@H](C)[C@@H](O)[C@]1(C)O. The summed E-state index contributed by atoms with van der Waals surface area (Å²) in [5, 5.41) is 66.6. The van der Waals surface area contributed by atoms with Gasteiger partial charge in [-0.2, -0.15) is 0 Å². The van der Waals surface area contributed by atoms with Crippen LogP contribution in [0.2, 0.25) is 0 Å². The van der Waals surface area contributed by atoms with Crippen molar-refractivity contribution in [1.82, 2.24) is 0 Å². The lowest BCUT2D eigenvalue weighted by Gasteiger charge is -2.45. The molecule has 10 nitrogen and oxygen atoms in total. The van der Waals surface area contributed by atoms with E-state index in [0.29, 0.717) is 0 Å². The first-order chi connectivity index (χ1) is 16.9. The van der Waals surface area contributed by atoms with Crippen molar-refractivity contribution in [1.29, 1.82) is 0 Å². The van der Waals surface area contributed by atoms with Crippen molar-refractivity contribution >= 4 is 5.97 Å². The molecule has 0 aromatic heterocycles. The van der Waals surface area contributed by atoms with Gasteiger partial charge in [0, 0.05) is 11.8 Å². The first-order valence-corrected chi connectivity index (χ1v) is 13.3. The van der Waals surface area contributed by atoms with E-state index in [9.17, 15) is 35.4 Å². The highest BCUT2D eigenvalue weighted by Crippen LogP contribution is 2.37. The van der Waals surface area contributed by atoms with E-state index < -0.39 is 83.8 Å². The molecule has 216 valence electrons. The number of ether oxygens (including phenoxy) is 3. The van der Waals surface area contributed by atoms with Crippen LogP contribution in [0.4, 0.5) is 0 Å². The van der Waals surface area contributed by atoms with Gasteiger partial charge in [0.25, 0.3) is 0 Å². The third-order valence-electron chi connectivity index (χ3n) is 8.24. The van der Waals surface area contributed by atoms with Crippen LogP contribution in [0.15, 0.2) is 12.2 Å². The summed E-state index contributed by atoms with van der Waals surface area (Å²) in [6.07, 6.45) is -5.38. The first-order valence-electron chi connectivity index (χ1n) is 13.3. The first kappa shape index (κ1) is 32.1. The summed E-state index contributed by atoms with van der Waals surface area (Å²) in [5.41, 5.74) is -3.54. The maximum Gasteiger partial charge on any atom is 0.311 e. The lowest BCUT2D eigenvalue weighted by Crippen LogP contribution is -2.58. The molecule has 14 atom stereocenters. The van der Waals surface area contributed by atoms with Crippen LogP contribution in [0.3, 0.4) is 0 Å². The highest BCUT2D eigenvalue weighted by molar-refractivity contribution is 5.73. The largest absolute Gasteiger partial charge is 0.459 e. The molecule has 2 aliphatic heterocycles. The molecule has 10 heteroatoms. The number of carbonyl (C=O) groups excluding carboxylic acids is 1. The van der Waals surface area contributed by atoms with E-state index in [4.69, 9.17) is 14.2 Å². The van der Waals surface area contributed by atoms with E-state index in [1.165, 1.54) is 26.8 Å². The van der Waals surface area contributed by atoms with Gasteiger partial charge in [-0.1, -0.05) is 39.8 Å². The summed E-state index contributed by atoms with van der Waals surface area (Å²) in [6, 6.07) is 0. The average Bonchev–Trinajstić information content (AvgIpc) is 2.83. The summed E-state index contributed by atoms with van der Waals surface area (Å²) < 4.78 is 17.4. The Morgan fingerprint density at radius 2 is 1.57 bits per heavy atom. The molecule has 1 saturated heterocycles. The van der Waals surface area contributed by atoms with Crippen LogP contribution in [0.25, 0.3) is 0 Å². The molecule has 37 heavy (non-hydrogen) atoms. The van der Waals surface area contributed by atoms with Crippen LogP contribution >= 0.6 is 0 Å². The number of carbonyl (C=O) groups is 1. The third-order valence-corrected chi connectivity index (χ3v) is 8.24. The standard InChI is InChI=1S/C27H48O10/c1-9-19-27(8,34)22(31)15(4)20(29)13(2)12-26(7,33)23(16(5)21(30)17(6)24(32)36-19)37-25-18(28)11-10-14(3)35-25/h10-11,13-23,25,28-31,33-34H,9,12H2,1-8H3/t13-,14-,15+,16+,17-,18-,19-,20+,21+,22-,23-,25+,26?,27-/m1/s1. The quantitative estimate of drug-likeness (QED) is 0.227. The van der Waals surface area contributed by atoms with Crippen LogP contribution in [0.5, 0.6) is 0 Å². The Kier molecular flexibility index (Phi) is 10.7. The van der Waals surface area contributed by atoms with Gasteiger partial charge in [-0.25, -0.2) is 0 Å². The molecule has 2 aliphatic rings. The predicted molar refractivity (Wildman–Crippen MR) is 135 cm³/mol. The molecule has 6 N–H and O–H groups in total. The predicted octanol–water partition coefficient (Wildman–Crippen LogP) is 0.888. The molecule has 0 amide bonds. The van der Waals surface area contributed by atoms with Gasteiger partial charge in [-0.05, 0) is 46.5 Å². The Balaban J connectivity index is 2.52. The molecular formula is C27H48O10. The zero-order chi connectivity index (χ0) is 28.5. The molecule has 0 aliphatic carbocycles. The third kappa shape index (κ3) is 7.10. The van der Waals surface area contributed by atoms with Crippen molar-refractivity contribution in [3.8, 4) is 0 Å². The molecule has 2 heterocycles. The fraction of sp³-hybridized carbons (Fsp3) is 0.889. The van der Waals surface area contributed by atoms with Crippen molar-refractivity contribution in [2.45, 2.75) is 128 Å². The topological polar surface area (TPSA) is 166 Å². The van der Waals surface area contributed by atoms with Crippen molar-refractivity contribution in [2.24, 2.45) is 23.7 Å². The Labute approximate surface area is 220 Å². The molecule has 0 radical (unpaired) electrons. The van der Waals surface area contributed by atoms with Crippen LogP contribution in [-0.4, -0.2) is 96.8 Å². The molecule has 0 saturated carbocycles. The van der Waals surface area contributed by atoms with Gasteiger partial charge < -0.3 is 44.8 Å². The van der Waals surface area contributed by atoms with E-state index >= 15 is 0 Å². The van der Waals surface area contributed by atoms with E-state index in [1.807, 2.05) is 0 Å². The van der Waals surface area contributed by atoms with E-state index in [0.717, 1.165) is 0 Å². The zero-order valence-corrected chi connectivity index (χ0v) is 23.3. The summed E-state index contributed by atoms with van der Waals surface area (Å²) in [6.45, 7) is 12.7. The van der Waals surface area contributed by atoms with Crippen LogP contribution < -0.4 is 0 Å². The van der Waals surface area contributed by atoms with Gasteiger partial charge in [-0.15, -0.1) is 0 Å². The minimum Gasteiger partial charge on any atom is -0.459 e. The highest BCUT2D eigenvalue weighted by Gasteiger charge is 2.50. The normalized spacial score (nSPS) is 50.8. The van der Waals surface area contributed by atoms with Crippen molar-refractivity contribution in [2.75, 3.05) is 0 Å². The fourth-order valence-corrected chi connectivity index (χ4v) is 5.75. The Bertz CT molecular complexity index is 783. The number of hydrogen-bond acceptors (Lipinski definition) is 10. The van der Waals surface area contributed by atoms with Gasteiger partial charge in [0.15, 0.2) is 6.29 Å². The number of hydrogen-bond donors (Lipinski definition) is 6. The number of esters is 1. The Morgan fingerprint density at radius 3 is 2.14 bits per heavy atom. The summed E-state index contributed by atoms with van der Waals surface area (Å²) in [7, 11) is 0. The molecule has 2 rings (SSSR count). The van der Waals surface area contributed by atoms with Crippen LogP contribution in [0.1, 0.15) is 68.2 Å². The maximum atomic E-state index is 13.1. The molecule has 0 aromatic carbocycles. The van der Waals surface area contributed by atoms with E-state index in [1.54, 1.807) is 40.7 Å². The van der Waals surface area contributed by atoms with E-state index in [-0.39, 0.29) is 18.9 Å². The van der Waals surface area contributed by atoms with Gasteiger partial charge in [0.1, 0.15) is 17.8 Å². The lowest BCUT2D eigenvalue weighted by atomic mass is 9.73. The van der Waals surface area contributed by atoms with Crippen molar-refractivity contribution < 1.29 is 49.6 Å². The minimum atomic E-state index is -1.88. The van der Waals surface area contributed by atoms with Crippen molar-refractivity contribution in [3.63, 3.8) is 0 Å². The molecule has 1 fully saturated rings. The Morgan fingerprint density at radius 1 is 0.973 bits per heavy atom. The summed E-state index contributed by atoms with van der Waals surface area (Å²) in [5.74, 6) is -4.12. The molecule has 1 unspecified atom stereocenters. The molecule has 0 aromatic rings. The second-order valence-electron chi connectivity index (χ2n) is 11.7.